The van der Waals surface area contributed by atoms with Gasteiger partial charge in [-0.1, -0.05) is 12.1 Å². The first-order valence-corrected chi connectivity index (χ1v) is 8.76. The molecule has 0 N–H and O–H groups in total. The fraction of sp³-hybridized carbons (Fsp3) is 0.381. The van der Waals surface area contributed by atoms with Crippen molar-refractivity contribution in [1.82, 2.24) is 0 Å². The minimum Gasteiger partial charge on any atom is -0.490 e. The van der Waals surface area contributed by atoms with Crippen LogP contribution in [-0.2, 0) is 11.2 Å². The number of carbonyl (C=O) groups excluding carboxylic acids is 1. The summed E-state index contributed by atoms with van der Waals surface area (Å²) in [6, 6.07) is 12.1. The number of rotatable bonds is 4. The molecule has 1 aliphatic rings. The molecular formula is C21H25NO3. The predicted octanol–water partition coefficient (Wildman–Crippen LogP) is 4.06. The maximum atomic E-state index is 12.6. The van der Waals surface area contributed by atoms with Crippen molar-refractivity contribution in [1.29, 1.82) is 0 Å². The predicted molar refractivity (Wildman–Crippen MR) is 99.7 cm³/mol. The standard InChI is InChI=1S/C21H25NO3/c1-15-11-16(2)13-18(12-15)22(3)21(23)8-6-17-5-7-19-20(14-17)25-10-4-9-24-19/h5,7,11-14H,4,6,8-10H2,1-3H3. The van der Waals surface area contributed by atoms with Gasteiger partial charge in [0.05, 0.1) is 13.2 Å². The lowest BCUT2D eigenvalue weighted by molar-refractivity contribution is -0.118. The molecule has 0 spiro atoms. The van der Waals surface area contributed by atoms with Crippen LogP contribution in [0.5, 0.6) is 11.5 Å². The number of nitrogens with zero attached hydrogens (tertiary/aromatic N) is 1. The zero-order valence-corrected chi connectivity index (χ0v) is 15.2. The van der Waals surface area contributed by atoms with Crippen LogP contribution in [-0.4, -0.2) is 26.2 Å². The maximum Gasteiger partial charge on any atom is 0.227 e. The van der Waals surface area contributed by atoms with Crippen LogP contribution in [0.4, 0.5) is 5.69 Å². The summed E-state index contributed by atoms with van der Waals surface area (Å²) in [5, 5.41) is 0. The Labute approximate surface area is 149 Å². The van der Waals surface area contributed by atoms with Crippen LogP contribution in [0.3, 0.4) is 0 Å². The monoisotopic (exact) mass is 339 g/mol. The van der Waals surface area contributed by atoms with Gasteiger partial charge in [0.1, 0.15) is 0 Å². The van der Waals surface area contributed by atoms with Crippen molar-refractivity contribution in [3.05, 3.63) is 53.1 Å². The highest BCUT2D eigenvalue weighted by Crippen LogP contribution is 2.31. The van der Waals surface area contributed by atoms with Gasteiger partial charge in [0.15, 0.2) is 11.5 Å². The molecule has 0 radical (unpaired) electrons. The van der Waals surface area contributed by atoms with E-state index in [4.69, 9.17) is 9.47 Å². The SMILES string of the molecule is Cc1cc(C)cc(N(C)C(=O)CCc2ccc3c(c2)OCCCO3)c1. The zero-order valence-electron chi connectivity index (χ0n) is 15.2. The molecule has 1 amide bonds. The fourth-order valence-corrected chi connectivity index (χ4v) is 3.07. The minimum atomic E-state index is 0.108. The van der Waals surface area contributed by atoms with E-state index in [0.717, 1.165) is 40.3 Å². The van der Waals surface area contributed by atoms with Gasteiger partial charge in [-0.3, -0.25) is 4.79 Å². The number of benzene rings is 2. The molecule has 2 aromatic carbocycles. The van der Waals surface area contributed by atoms with Crippen LogP contribution < -0.4 is 14.4 Å². The first-order valence-electron chi connectivity index (χ1n) is 8.76. The lowest BCUT2D eigenvalue weighted by atomic mass is 10.1. The quantitative estimate of drug-likeness (QED) is 0.843. The molecule has 0 unspecified atom stereocenters. The average Bonchev–Trinajstić information content (AvgIpc) is 2.83. The van der Waals surface area contributed by atoms with Gasteiger partial charge in [-0.05, 0) is 61.2 Å². The van der Waals surface area contributed by atoms with Gasteiger partial charge in [0, 0.05) is 25.6 Å². The van der Waals surface area contributed by atoms with E-state index in [1.165, 1.54) is 0 Å². The first kappa shape index (κ1) is 17.3. The summed E-state index contributed by atoms with van der Waals surface area (Å²) in [7, 11) is 1.84. The van der Waals surface area contributed by atoms with Crippen LogP contribution >= 0.6 is 0 Å². The van der Waals surface area contributed by atoms with Crippen molar-refractivity contribution >= 4 is 11.6 Å². The van der Waals surface area contributed by atoms with Gasteiger partial charge < -0.3 is 14.4 Å². The first-order chi connectivity index (χ1) is 12.0. The van der Waals surface area contributed by atoms with Crippen LogP contribution in [0.15, 0.2) is 36.4 Å². The fourth-order valence-electron chi connectivity index (χ4n) is 3.07. The third kappa shape index (κ3) is 4.32. The molecule has 0 aromatic heterocycles. The number of aryl methyl sites for hydroxylation is 3. The third-order valence-electron chi connectivity index (χ3n) is 4.41. The minimum absolute atomic E-state index is 0.108. The van der Waals surface area contributed by atoms with E-state index >= 15 is 0 Å². The Morgan fingerprint density at radius 2 is 1.68 bits per heavy atom. The topological polar surface area (TPSA) is 38.8 Å². The molecular weight excluding hydrogens is 314 g/mol. The lowest BCUT2D eigenvalue weighted by Gasteiger charge is -2.19. The summed E-state index contributed by atoms with van der Waals surface area (Å²) in [6.07, 6.45) is 2.04. The van der Waals surface area contributed by atoms with Crippen molar-refractivity contribution in [2.75, 3.05) is 25.2 Å². The Hall–Kier alpha value is -2.49. The van der Waals surface area contributed by atoms with Crippen molar-refractivity contribution in [3.8, 4) is 11.5 Å². The van der Waals surface area contributed by atoms with Gasteiger partial charge >= 0.3 is 0 Å². The number of fused-ring (bicyclic) bond motifs is 1. The molecule has 0 fully saturated rings. The van der Waals surface area contributed by atoms with E-state index in [0.29, 0.717) is 26.1 Å². The highest BCUT2D eigenvalue weighted by molar-refractivity contribution is 5.93. The highest BCUT2D eigenvalue weighted by Gasteiger charge is 2.14. The normalized spacial score (nSPS) is 13.2. The molecule has 0 atom stereocenters. The molecule has 25 heavy (non-hydrogen) atoms. The number of carbonyl (C=O) groups is 1. The molecule has 2 aromatic rings. The van der Waals surface area contributed by atoms with Gasteiger partial charge in [-0.15, -0.1) is 0 Å². The van der Waals surface area contributed by atoms with E-state index in [2.05, 4.69) is 6.07 Å². The molecule has 0 bridgehead atoms. The Kier molecular flexibility index (Phi) is 5.27. The molecule has 0 saturated carbocycles. The molecule has 132 valence electrons. The van der Waals surface area contributed by atoms with Gasteiger partial charge in [0.2, 0.25) is 5.91 Å². The van der Waals surface area contributed by atoms with Crippen LogP contribution in [0.2, 0.25) is 0 Å². The molecule has 4 nitrogen and oxygen atoms in total. The van der Waals surface area contributed by atoms with Crippen LogP contribution in [0.1, 0.15) is 29.5 Å². The average molecular weight is 339 g/mol. The van der Waals surface area contributed by atoms with Crippen molar-refractivity contribution in [2.45, 2.75) is 33.1 Å². The number of hydrogen-bond donors (Lipinski definition) is 0. The zero-order chi connectivity index (χ0) is 17.8. The second kappa shape index (κ2) is 7.60. The maximum absolute atomic E-state index is 12.6. The van der Waals surface area contributed by atoms with Crippen LogP contribution in [0.25, 0.3) is 0 Å². The smallest absolute Gasteiger partial charge is 0.227 e. The third-order valence-corrected chi connectivity index (χ3v) is 4.41. The summed E-state index contributed by atoms with van der Waals surface area (Å²) in [4.78, 5) is 14.3. The van der Waals surface area contributed by atoms with Gasteiger partial charge in [-0.25, -0.2) is 0 Å². The molecule has 0 saturated heterocycles. The number of ether oxygens (including phenoxy) is 2. The Balaban J connectivity index is 1.64. The Morgan fingerprint density at radius 3 is 2.40 bits per heavy atom. The van der Waals surface area contributed by atoms with E-state index in [9.17, 15) is 4.79 Å². The van der Waals surface area contributed by atoms with E-state index in [1.54, 1.807) is 4.90 Å². The summed E-state index contributed by atoms with van der Waals surface area (Å²) in [6.45, 7) is 5.45. The van der Waals surface area contributed by atoms with Gasteiger partial charge in [0.25, 0.3) is 0 Å². The molecule has 1 heterocycles. The van der Waals surface area contributed by atoms with E-state index in [1.807, 2.05) is 51.2 Å². The number of amides is 1. The summed E-state index contributed by atoms with van der Waals surface area (Å²) in [5.74, 6) is 1.68. The van der Waals surface area contributed by atoms with E-state index < -0.39 is 0 Å². The molecule has 3 rings (SSSR count). The van der Waals surface area contributed by atoms with Crippen molar-refractivity contribution in [3.63, 3.8) is 0 Å². The van der Waals surface area contributed by atoms with E-state index in [-0.39, 0.29) is 5.91 Å². The van der Waals surface area contributed by atoms with Crippen molar-refractivity contribution in [2.24, 2.45) is 0 Å². The summed E-state index contributed by atoms with van der Waals surface area (Å²) >= 11 is 0. The number of anilines is 1. The van der Waals surface area contributed by atoms with Gasteiger partial charge in [-0.2, -0.15) is 0 Å². The Morgan fingerprint density at radius 1 is 1.00 bits per heavy atom. The largest absolute Gasteiger partial charge is 0.490 e. The van der Waals surface area contributed by atoms with Crippen LogP contribution in [0, 0.1) is 13.8 Å². The highest BCUT2D eigenvalue weighted by atomic mass is 16.5. The molecule has 4 heteroatoms. The summed E-state index contributed by atoms with van der Waals surface area (Å²) < 4.78 is 11.4. The van der Waals surface area contributed by atoms with Crippen molar-refractivity contribution < 1.29 is 14.3 Å². The molecule has 1 aliphatic heterocycles. The second-order valence-electron chi connectivity index (χ2n) is 6.63. The lowest BCUT2D eigenvalue weighted by Crippen LogP contribution is -2.26. The molecule has 0 aliphatic carbocycles. The Bertz CT molecular complexity index is 749. The number of hydrogen-bond acceptors (Lipinski definition) is 3. The summed E-state index contributed by atoms with van der Waals surface area (Å²) in [5.41, 5.74) is 4.36. The second-order valence-corrected chi connectivity index (χ2v) is 6.63.